The van der Waals surface area contributed by atoms with Crippen molar-refractivity contribution < 1.29 is 0 Å². The van der Waals surface area contributed by atoms with Gasteiger partial charge >= 0.3 is 0 Å². The number of allylic oxidation sites excluding steroid dienone is 7. The first-order valence-electron chi connectivity index (χ1n) is 23.8. The molecule has 0 spiro atoms. The Morgan fingerprint density at radius 2 is 0.971 bits per heavy atom. The van der Waals surface area contributed by atoms with Crippen LogP contribution in [-0.4, -0.2) is 0 Å². The third-order valence-electron chi connectivity index (χ3n) is 12.5. The van der Waals surface area contributed by atoms with Crippen molar-refractivity contribution >= 4 is 44.3 Å². The van der Waals surface area contributed by atoms with Gasteiger partial charge in [-0.2, -0.15) is 0 Å². The molecule has 0 fully saturated rings. The molecule has 9 aromatic carbocycles. The van der Waals surface area contributed by atoms with E-state index in [2.05, 4.69) is 273 Å². The summed E-state index contributed by atoms with van der Waals surface area (Å²) in [5.74, 6) is 0. The van der Waals surface area contributed by atoms with Gasteiger partial charge in [-0.15, -0.1) is 0 Å². The van der Waals surface area contributed by atoms with Crippen LogP contribution in [0, 0.1) is 13.8 Å². The van der Waals surface area contributed by atoms with E-state index in [-0.39, 0.29) is 0 Å². The van der Waals surface area contributed by atoms with Crippen LogP contribution in [-0.2, 0) is 0 Å². The summed E-state index contributed by atoms with van der Waals surface area (Å²) in [4.78, 5) is 4.60. The lowest BCUT2D eigenvalue weighted by atomic mass is 9.85. The average Bonchev–Trinajstić information content (AvgIpc) is 3.67. The number of benzene rings is 9. The van der Waals surface area contributed by atoms with E-state index >= 15 is 0 Å². The Labute approximate surface area is 403 Å². The molecule has 0 aliphatic heterocycles. The Kier molecular flexibility index (Phi) is 14.2. The van der Waals surface area contributed by atoms with Crippen LogP contribution in [0.4, 0.5) is 22.7 Å². The van der Waals surface area contributed by atoms with Crippen LogP contribution < -0.4 is 9.80 Å². The minimum Gasteiger partial charge on any atom is -0.311 e. The molecule has 332 valence electrons. The van der Waals surface area contributed by atoms with E-state index in [0.29, 0.717) is 0 Å². The van der Waals surface area contributed by atoms with Gasteiger partial charge in [0.15, 0.2) is 0 Å². The summed E-state index contributed by atoms with van der Waals surface area (Å²) in [7, 11) is 0. The Bertz CT molecular complexity index is 3200. The molecule has 2 nitrogen and oxygen atoms in total. The van der Waals surface area contributed by atoms with Gasteiger partial charge in [-0.3, -0.25) is 0 Å². The van der Waals surface area contributed by atoms with Crippen molar-refractivity contribution in [1.82, 2.24) is 0 Å². The van der Waals surface area contributed by atoms with Crippen molar-refractivity contribution in [1.29, 1.82) is 0 Å². The summed E-state index contributed by atoms with van der Waals surface area (Å²) < 4.78 is 0. The fourth-order valence-electron chi connectivity index (χ4n) is 9.44. The maximum absolute atomic E-state index is 3.87. The standard InChI is InChI=1S/C45H33N.C21H25N/c1-32-14-12-16-35(30-32)44-40-22-8-10-24-42(40)45(43-25-11-9-23-41(43)44)36-17-13-15-34(31-36)33-26-28-39(29-27-33)46(37-18-4-2-5-19-37)38-20-6-3-7-21-38;1-4-11-19(12-5-2)22(20-14-8-6-7-9-15-20)21-16-10-13-18(3)17-21/h2-31H,1H3;4-5,8,10-17H,1,6-7,9H2,2-3H3/b;12-5-,19-11+. The summed E-state index contributed by atoms with van der Waals surface area (Å²) in [5, 5.41) is 5.09. The van der Waals surface area contributed by atoms with Crippen molar-refractivity contribution in [2.45, 2.75) is 40.0 Å². The Hall–Kier alpha value is -8.20. The molecule has 0 aromatic heterocycles. The van der Waals surface area contributed by atoms with Crippen molar-refractivity contribution in [2.24, 2.45) is 0 Å². The lowest BCUT2D eigenvalue weighted by molar-refractivity contribution is 0.873. The largest absolute Gasteiger partial charge is 0.311 e. The molecule has 9 aromatic rings. The number of hydrogen-bond donors (Lipinski definition) is 0. The van der Waals surface area contributed by atoms with Gasteiger partial charge in [0, 0.05) is 34.1 Å². The second kappa shape index (κ2) is 21.4. The molecule has 0 heterocycles. The fraction of sp³-hybridized carbons (Fsp3) is 0.0909. The number of hydrogen-bond acceptors (Lipinski definition) is 2. The van der Waals surface area contributed by atoms with Crippen LogP contribution in [0.1, 0.15) is 37.3 Å². The number of fused-ring (bicyclic) bond motifs is 2. The molecule has 10 rings (SSSR count). The first-order valence-corrected chi connectivity index (χ1v) is 23.8. The van der Waals surface area contributed by atoms with E-state index in [1.807, 2.05) is 13.0 Å². The Morgan fingerprint density at radius 1 is 0.471 bits per heavy atom. The van der Waals surface area contributed by atoms with Crippen LogP contribution in [0.2, 0.25) is 0 Å². The van der Waals surface area contributed by atoms with Crippen LogP contribution >= 0.6 is 0 Å². The molecule has 0 bridgehead atoms. The maximum atomic E-state index is 3.87. The van der Waals surface area contributed by atoms with Crippen LogP contribution in [0.5, 0.6) is 0 Å². The first-order chi connectivity index (χ1) is 33.5. The molecule has 0 saturated heterocycles. The highest BCUT2D eigenvalue weighted by Crippen LogP contribution is 2.44. The van der Waals surface area contributed by atoms with Gasteiger partial charge in [0.25, 0.3) is 0 Å². The van der Waals surface area contributed by atoms with Gasteiger partial charge in [0.2, 0.25) is 0 Å². The third kappa shape index (κ3) is 9.96. The molecule has 0 radical (unpaired) electrons. The maximum Gasteiger partial charge on any atom is 0.0464 e. The van der Waals surface area contributed by atoms with Crippen LogP contribution in [0.3, 0.4) is 0 Å². The predicted molar refractivity (Wildman–Crippen MR) is 295 cm³/mol. The second-order valence-electron chi connectivity index (χ2n) is 17.3. The topological polar surface area (TPSA) is 6.48 Å². The van der Waals surface area contributed by atoms with Gasteiger partial charge in [-0.1, -0.05) is 188 Å². The highest BCUT2D eigenvalue weighted by Gasteiger charge is 2.18. The minimum atomic E-state index is 1.11. The summed E-state index contributed by atoms with van der Waals surface area (Å²) in [6, 6.07) is 74.3. The molecule has 0 atom stereocenters. The number of nitrogens with zero attached hydrogens (tertiary/aromatic N) is 2. The SMILES string of the molecule is C=C/C=C(\C=C/C)N(C1=CCCCC=C1)c1cccc(C)c1.Cc1cccc(-c2c3ccccc3c(-c3cccc(-c4ccc(N(c5ccccc5)c5ccccc5)cc4)c3)c3ccccc23)c1. The Morgan fingerprint density at radius 3 is 1.53 bits per heavy atom. The molecule has 0 N–H and O–H groups in total. The summed E-state index contributed by atoms with van der Waals surface area (Å²) in [6.07, 6.45) is 18.4. The molecular formula is C66H58N2. The lowest BCUT2D eigenvalue weighted by Gasteiger charge is -2.27. The molecule has 0 amide bonds. The second-order valence-corrected chi connectivity index (χ2v) is 17.3. The zero-order valence-electron chi connectivity index (χ0n) is 39.4. The van der Waals surface area contributed by atoms with E-state index in [9.17, 15) is 0 Å². The minimum absolute atomic E-state index is 1.11. The van der Waals surface area contributed by atoms with Gasteiger partial charge in [0.1, 0.15) is 0 Å². The van der Waals surface area contributed by atoms with Crippen LogP contribution in [0.15, 0.2) is 267 Å². The Balaban J connectivity index is 0.000000221. The van der Waals surface area contributed by atoms with Gasteiger partial charge in [-0.05, 0) is 173 Å². The monoisotopic (exact) mass is 878 g/mol. The zero-order chi connectivity index (χ0) is 46.7. The number of para-hydroxylation sites is 2. The molecule has 1 aliphatic rings. The highest BCUT2D eigenvalue weighted by atomic mass is 15.2. The number of anilines is 4. The van der Waals surface area contributed by atoms with Gasteiger partial charge in [-0.25, -0.2) is 0 Å². The zero-order valence-corrected chi connectivity index (χ0v) is 39.4. The molecule has 0 saturated carbocycles. The molecule has 1 aliphatic carbocycles. The highest BCUT2D eigenvalue weighted by molar-refractivity contribution is 6.21. The molecule has 0 unspecified atom stereocenters. The summed E-state index contributed by atoms with van der Waals surface area (Å²) >= 11 is 0. The average molecular weight is 879 g/mol. The van der Waals surface area contributed by atoms with E-state index in [1.165, 1.54) is 83.9 Å². The first kappa shape index (κ1) is 45.0. The van der Waals surface area contributed by atoms with Gasteiger partial charge < -0.3 is 9.80 Å². The van der Waals surface area contributed by atoms with Crippen LogP contribution in [0.25, 0.3) is 54.9 Å². The fourth-order valence-corrected chi connectivity index (χ4v) is 9.44. The van der Waals surface area contributed by atoms with Crippen molar-refractivity contribution in [2.75, 3.05) is 9.80 Å². The van der Waals surface area contributed by atoms with Crippen molar-refractivity contribution in [3.63, 3.8) is 0 Å². The van der Waals surface area contributed by atoms with E-state index < -0.39 is 0 Å². The number of aryl methyl sites for hydroxylation is 2. The lowest BCUT2D eigenvalue weighted by Crippen LogP contribution is -2.20. The number of rotatable bonds is 11. The normalized spacial score (nSPS) is 12.6. The quantitative estimate of drug-likeness (QED) is 0.0943. The molecule has 2 heteroatoms. The van der Waals surface area contributed by atoms with E-state index in [4.69, 9.17) is 0 Å². The summed E-state index contributed by atoms with van der Waals surface area (Å²) in [5.41, 5.74) is 16.9. The van der Waals surface area contributed by atoms with E-state index in [0.717, 1.165) is 35.6 Å². The van der Waals surface area contributed by atoms with Crippen molar-refractivity contribution in [3.05, 3.63) is 278 Å². The van der Waals surface area contributed by atoms with E-state index in [1.54, 1.807) is 0 Å². The van der Waals surface area contributed by atoms with Crippen molar-refractivity contribution in [3.8, 4) is 33.4 Å². The smallest absolute Gasteiger partial charge is 0.0464 e. The molecular weight excluding hydrogens is 821 g/mol. The summed E-state index contributed by atoms with van der Waals surface area (Å²) in [6.45, 7) is 10.2. The third-order valence-corrected chi connectivity index (χ3v) is 12.5. The van der Waals surface area contributed by atoms with Gasteiger partial charge in [0.05, 0.1) is 0 Å². The molecule has 68 heavy (non-hydrogen) atoms. The predicted octanol–water partition coefficient (Wildman–Crippen LogP) is 18.8.